The van der Waals surface area contributed by atoms with Crippen LogP contribution in [-0.2, 0) is 4.79 Å². The summed E-state index contributed by atoms with van der Waals surface area (Å²) in [5.74, 6) is 1.39. The van der Waals surface area contributed by atoms with Gasteiger partial charge in [0.25, 0.3) is 5.91 Å². The minimum Gasteiger partial charge on any atom is -0.494 e. The normalized spacial score (nSPS) is 11.3. The van der Waals surface area contributed by atoms with Crippen LogP contribution in [0.25, 0.3) is 17.1 Å². The van der Waals surface area contributed by atoms with Crippen LogP contribution in [0, 0.1) is 0 Å². The van der Waals surface area contributed by atoms with Gasteiger partial charge in [0.05, 0.1) is 18.1 Å². The molecule has 0 spiro atoms. The second kappa shape index (κ2) is 11.8. The number of ether oxygens (including phenoxy) is 1. The number of carbonyl (C=O) groups is 1. The van der Waals surface area contributed by atoms with E-state index in [2.05, 4.69) is 36.7 Å². The van der Waals surface area contributed by atoms with Crippen LogP contribution in [-0.4, -0.2) is 38.7 Å². The van der Waals surface area contributed by atoms with Gasteiger partial charge in [-0.3, -0.25) is 9.36 Å². The van der Waals surface area contributed by atoms with Gasteiger partial charge in [-0.1, -0.05) is 70.2 Å². The minimum atomic E-state index is -0.230. The van der Waals surface area contributed by atoms with Crippen molar-refractivity contribution in [3.05, 3.63) is 88.9 Å². The predicted molar refractivity (Wildman–Crippen MR) is 143 cm³/mol. The minimum absolute atomic E-state index is 0.138. The highest BCUT2D eigenvalue weighted by molar-refractivity contribution is 9.10. The number of hydrogen-bond acceptors (Lipinski definition) is 6. The van der Waals surface area contributed by atoms with Crippen LogP contribution in [0.4, 0.5) is 0 Å². The maximum Gasteiger partial charge on any atom is 0.250 e. The highest BCUT2D eigenvalue weighted by atomic mass is 79.9. The van der Waals surface area contributed by atoms with E-state index in [9.17, 15) is 4.79 Å². The zero-order valence-corrected chi connectivity index (χ0v) is 21.7. The van der Waals surface area contributed by atoms with Gasteiger partial charge in [-0.15, -0.1) is 10.2 Å². The number of carbonyl (C=O) groups excluding carboxylic acids is 1. The van der Waals surface area contributed by atoms with Crippen molar-refractivity contribution in [2.45, 2.75) is 19.0 Å². The van der Waals surface area contributed by atoms with E-state index >= 15 is 0 Å². The second-order valence-corrected chi connectivity index (χ2v) is 9.32. The summed E-state index contributed by atoms with van der Waals surface area (Å²) in [6.45, 7) is 4.40. The van der Waals surface area contributed by atoms with Gasteiger partial charge in [0.2, 0.25) is 0 Å². The predicted octanol–water partition coefficient (Wildman–Crippen LogP) is 5.73. The molecule has 7 nitrogen and oxygen atoms in total. The molecule has 0 radical (unpaired) electrons. The summed E-state index contributed by atoms with van der Waals surface area (Å²) in [4.78, 5) is 12.5. The van der Waals surface area contributed by atoms with Crippen LogP contribution in [0.1, 0.15) is 19.4 Å². The van der Waals surface area contributed by atoms with Gasteiger partial charge in [0.15, 0.2) is 11.0 Å². The lowest BCUT2D eigenvalue weighted by atomic mass is 10.1. The molecular formula is C26H24BrN5O2S. The van der Waals surface area contributed by atoms with Crippen molar-refractivity contribution in [3.8, 4) is 22.8 Å². The largest absolute Gasteiger partial charge is 0.494 e. The number of hydrogen-bond donors (Lipinski definition) is 1. The number of amides is 1. The number of nitrogens with one attached hydrogen (secondary N) is 1. The standard InChI is InChI=1S/C26H24BrN5O2S/c1-3-34-23-14-12-22(13-15-23)32-25(19-8-5-4-6-9-19)30-31-26(32)35-17-24(33)29-28-18(2)20-10-7-11-21(27)16-20/h4-16H,3,17H2,1-2H3,(H,29,33)/b28-18+. The van der Waals surface area contributed by atoms with Crippen molar-refractivity contribution < 1.29 is 9.53 Å². The topological polar surface area (TPSA) is 81.4 Å². The van der Waals surface area contributed by atoms with E-state index < -0.39 is 0 Å². The first-order valence-corrected chi connectivity index (χ1v) is 12.8. The lowest BCUT2D eigenvalue weighted by Gasteiger charge is -2.11. The summed E-state index contributed by atoms with van der Waals surface area (Å²) in [5, 5.41) is 13.6. The molecule has 3 aromatic carbocycles. The third-order valence-corrected chi connectivity index (χ3v) is 6.42. The Morgan fingerprint density at radius 2 is 1.83 bits per heavy atom. The SMILES string of the molecule is CCOc1ccc(-n2c(SCC(=O)N/N=C(\C)c3cccc(Br)c3)nnc2-c2ccccc2)cc1. The van der Waals surface area contributed by atoms with Gasteiger partial charge in [0.1, 0.15) is 5.75 Å². The molecule has 0 aliphatic carbocycles. The number of nitrogens with zero attached hydrogens (tertiary/aromatic N) is 4. The summed E-state index contributed by atoms with van der Waals surface area (Å²) in [6, 6.07) is 25.3. The van der Waals surface area contributed by atoms with Crippen molar-refractivity contribution in [2.24, 2.45) is 5.10 Å². The molecule has 4 aromatic rings. The number of halogens is 1. The Hall–Kier alpha value is -3.43. The van der Waals surface area contributed by atoms with Crippen LogP contribution in [0.2, 0.25) is 0 Å². The van der Waals surface area contributed by atoms with Gasteiger partial charge in [-0.25, -0.2) is 5.43 Å². The van der Waals surface area contributed by atoms with Crippen molar-refractivity contribution in [3.63, 3.8) is 0 Å². The third-order valence-electron chi connectivity index (χ3n) is 4.99. The van der Waals surface area contributed by atoms with Crippen LogP contribution in [0.3, 0.4) is 0 Å². The van der Waals surface area contributed by atoms with E-state index in [1.165, 1.54) is 11.8 Å². The first-order chi connectivity index (χ1) is 17.0. The molecular weight excluding hydrogens is 526 g/mol. The summed E-state index contributed by atoms with van der Waals surface area (Å²) in [5.41, 5.74) is 6.08. The van der Waals surface area contributed by atoms with E-state index in [-0.39, 0.29) is 11.7 Å². The molecule has 0 aliphatic heterocycles. The molecule has 0 fully saturated rings. The Bertz CT molecular complexity index is 1320. The average molecular weight is 550 g/mol. The van der Waals surface area contributed by atoms with Gasteiger partial charge in [-0.05, 0) is 55.8 Å². The van der Waals surface area contributed by atoms with Crippen molar-refractivity contribution in [1.29, 1.82) is 0 Å². The monoisotopic (exact) mass is 549 g/mol. The van der Waals surface area contributed by atoms with E-state index in [0.29, 0.717) is 23.3 Å². The average Bonchev–Trinajstić information content (AvgIpc) is 3.31. The number of rotatable bonds is 9. The fourth-order valence-corrected chi connectivity index (χ4v) is 4.46. The first-order valence-electron chi connectivity index (χ1n) is 11.0. The maximum absolute atomic E-state index is 12.5. The number of hydrazone groups is 1. The molecule has 35 heavy (non-hydrogen) atoms. The number of aromatic nitrogens is 3. The molecule has 1 amide bonds. The molecule has 0 bridgehead atoms. The summed E-state index contributed by atoms with van der Waals surface area (Å²) >= 11 is 4.75. The molecule has 9 heteroatoms. The smallest absolute Gasteiger partial charge is 0.250 e. The summed E-state index contributed by atoms with van der Waals surface area (Å²) in [7, 11) is 0. The Labute approximate surface area is 216 Å². The lowest BCUT2D eigenvalue weighted by molar-refractivity contribution is -0.118. The van der Waals surface area contributed by atoms with E-state index in [4.69, 9.17) is 4.74 Å². The molecule has 0 unspecified atom stereocenters. The van der Waals surface area contributed by atoms with E-state index in [0.717, 1.165) is 27.0 Å². The lowest BCUT2D eigenvalue weighted by Crippen LogP contribution is -2.21. The number of benzene rings is 3. The fraction of sp³-hybridized carbons (Fsp3) is 0.154. The Kier molecular flexibility index (Phi) is 8.33. The Morgan fingerprint density at radius 3 is 2.54 bits per heavy atom. The highest BCUT2D eigenvalue weighted by Gasteiger charge is 2.17. The van der Waals surface area contributed by atoms with E-state index in [1.807, 2.05) is 97.3 Å². The van der Waals surface area contributed by atoms with Crippen LogP contribution < -0.4 is 10.2 Å². The second-order valence-electron chi connectivity index (χ2n) is 7.47. The molecule has 1 N–H and O–H groups in total. The van der Waals surface area contributed by atoms with Crippen LogP contribution in [0.15, 0.2) is 93.6 Å². The number of thioether (sulfide) groups is 1. The molecule has 4 rings (SSSR count). The molecule has 0 atom stereocenters. The molecule has 0 saturated heterocycles. The summed E-state index contributed by atoms with van der Waals surface area (Å²) < 4.78 is 8.47. The fourth-order valence-electron chi connectivity index (χ4n) is 3.32. The van der Waals surface area contributed by atoms with Gasteiger partial charge in [0, 0.05) is 15.7 Å². The quantitative estimate of drug-likeness (QED) is 0.164. The molecule has 1 heterocycles. The van der Waals surface area contributed by atoms with Crippen molar-refractivity contribution in [2.75, 3.05) is 12.4 Å². The molecule has 178 valence electrons. The van der Waals surface area contributed by atoms with Crippen molar-refractivity contribution in [1.82, 2.24) is 20.2 Å². The van der Waals surface area contributed by atoms with Crippen molar-refractivity contribution >= 4 is 39.3 Å². The molecule has 0 saturated carbocycles. The third kappa shape index (κ3) is 6.37. The van der Waals surface area contributed by atoms with Gasteiger partial charge >= 0.3 is 0 Å². The zero-order valence-electron chi connectivity index (χ0n) is 19.3. The Balaban J connectivity index is 1.52. The highest BCUT2D eigenvalue weighted by Crippen LogP contribution is 2.28. The van der Waals surface area contributed by atoms with E-state index in [1.54, 1.807) is 0 Å². The van der Waals surface area contributed by atoms with Gasteiger partial charge < -0.3 is 4.74 Å². The summed E-state index contributed by atoms with van der Waals surface area (Å²) in [6.07, 6.45) is 0. The maximum atomic E-state index is 12.5. The Morgan fingerprint density at radius 1 is 1.06 bits per heavy atom. The first kappa shape index (κ1) is 24.7. The molecule has 1 aromatic heterocycles. The molecule has 0 aliphatic rings. The van der Waals surface area contributed by atoms with Crippen LogP contribution >= 0.6 is 27.7 Å². The zero-order chi connectivity index (χ0) is 24.6. The van der Waals surface area contributed by atoms with Crippen LogP contribution in [0.5, 0.6) is 5.75 Å². The van der Waals surface area contributed by atoms with Gasteiger partial charge in [-0.2, -0.15) is 5.10 Å².